The number of hydrogen-bond acceptors (Lipinski definition) is 3. The first-order chi connectivity index (χ1) is 6.91. The van der Waals surface area contributed by atoms with Crippen LogP contribution in [0.15, 0.2) is 0 Å². The number of rotatable bonds is 4. The van der Waals surface area contributed by atoms with E-state index in [9.17, 15) is 4.79 Å². The second-order valence-corrected chi connectivity index (χ2v) is 6.39. The van der Waals surface area contributed by atoms with Crippen molar-refractivity contribution in [3.05, 3.63) is 0 Å². The van der Waals surface area contributed by atoms with Gasteiger partial charge >= 0.3 is 5.97 Å². The molecule has 0 N–H and O–H groups in total. The van der Waals surface area contributed by atoms with Crippen molar-refractivity contribution in [2.24, 2.45) is 10.8 Å². The fourth-order valence-electron chi connectivity index (χ4n) is 0.978. The topological polar surface area (TPSA) is 35.5 Å². The van der Waals surface area contributed by atoms with Gasteiger partial charge in [-0.2, -0.15) is 0 Å². The van der Waals surface area contributed by atoms with E-state index < -0.39 is 5.79 Å². The highest BCUT2D eigenvalue weighted by Gasteiger charge is 2.36. The van der Waals surface area contributed by atoms with Crippen LogP contribution in [0.5, 0.6) is 0 Å². The SMILES string of the molecule is COC(C)(C)OC(=O)CC(C)(C)C(C)(C)C. The van der Waals surface area contributed by atoms with Crippen LogP contribution in [-0.2, 0) is 14.3 Å². The minimum Gasteiger partial charge on any atom is -0.434 e. The Bertz CT molecular complexity index is 246. The highest BCUT2D eigenvalue weighted by molar-refractivity contribution is 5.70. The molecule has 0 aromatic rings. The molecule has 0 saturated carbocycles. The minimum absolute atomic E-state index is 0.0588. The van der Waals surface area contributed by atoms with Gasteiger partial charge in [-0.05, 0) is 10.8 Å². The van der Waals surface area contributed by atoms with E-state index in [2.05, 4.69) is 34.6 Å². The van der Waals surface area contributed by atoms with E-state index >= 15 is 0 Å². The van der Waals surface area contributed by atoms with Crippen LogP contribution >= 0.6 is 0 Å². The molecule has 0 amide bonds. The molecule has 0 bridgehead atoms. The second-order valence-electron chi connectivity index (χ2n) is 6.39. The van der Waals surface area contributed by atoms with Crippen molar-refractivity contribution >= 4 is 5.97 Å². The predicted octanol–water partition coefficient (Wildman–Crippen LogP) is 3.37. The standard InChI is InChI=1S/C13H26O3/c1-11(2,3)12(4,5)9-10(14)16-13(6,7)15-8/h9H2,1-8H3. The first-order valence-electron chi connectivity index (χ1n) is 5.68. The lowest BCUT2D eigenvalue weighted by molar-refractivity contribution is -0.208. The van der Waals surface area contributed by atoms with E-state index in [1.54, 1.807) is 13.8 Å². The Kier molecular flexibility index (Phi) is 4.57. The van der Waals surface area contributed by atoms with Crippen LogP contribution in [0.25, 0.3) is 0 Å². The number of carbonyl (C=O) groups excluding carboxylic acids is 1. The Labute approximate surface area is 99.5 Å². The zero-order chi connectivity index (χ0) is 13.2. The molecule has 3 nitrogen and oxygen atoms in total. The maximum Gasteiger partial charge on any atom is 0.308 e. The van der Waals surface area contributed by atoms with E-state index in [-0.39, 0.29) is 16.8 Å². The summed E-state index contributed by atoms with van der Waals surface area (Å²) in [5, 5.41) is 0. The van der Waals surface area contributed by atoms with E-state index in [1.165, 1.54) is 7.11 Å². The first-order valence-corrected chi connectivity index (χ1v) is 5.68. The maximum absolute atomic E-state index is 11.8. The smallest absolute Gasteiger partial charge is 0.308 e. The van der Waals surface area contributed by atoms with Gasteiger partial charge in [0, 0.05) is 21.0 Å². The molecule has 0 spiro atoms. The summed E-state index contributed by atoms with van der Waals surface area (Å²) >= 11 is 0. The van der Waals surface area contributed by atoms with Gasteiger partial charge in [0.05, 0.1) is 6.42 Å². The predicted molar refractivity (Wildman–Crippen MR) is 65.0 cm³/mol. The van der Waals surface area contributed by atoms with Gasteiger partial charge in [0.15, 0.2) is 0 Å². The summed E-state index contributed by atoms with van der Waals surface area (Å²) in [5.41, 5.74) is -0.0445. The minimum atomic E-state index is -0.842. The number of hydrogen-bond donors (Lipinski definition) is 0. The van der Waals surface area contributed by atoms with Crippen molar-refractivity contribution in [1.82, 2.24) is 0 Å². The highest BCUT2D eigenvalue weighted by Crippen LogP contribution is 2.41. The van der Waals surface area contributed by atoms with Gasteiger partial charge in [-0.3, -0.25) is 4.79 Å². The average molecular weight is 230 g/mol. The molecule has 0 atom stereocenters. The van der Waals surface area contributed by atoms with Gasteiger partial charge in [0.25, 0.3) is 0 Å². The van der Waals surface area contributed by atoms with Gasteiger partial charge < -0.3 is 9.47 Å². The zero-order valence-electron chi connectivity index (χ0n) is 11.9. The van der Waals surface area contributed by atoms with Crippen LogP contribution in [0.4, 0.5) is 0 Å². The van der Waals surface area contributed by atoms with Crippen molar-refractivity contribution in [2.45, 2.75) is 60.7 Å². The number of methoxy groups -OCH3 is 1. The Morgan fingerprint density at radius 1 is 1.00 bits per heavy atom. The summed E-state index contributed by atoms with van der Waals surface area (Å²) in [4.78, 5) is 11.8. The van der Waals surface area contributed by atoms with Crippen molar-refractivity contribution in [3.8, 4) is 0 Å². The van der Waals surface area contributed by atoms with Crippen LogP contribution < -0.4 is 0 Å². The third-order valence-corrected chi connectivity index (χ3v) is 3.47. The second kappa shape index (κ2) is 4.74. The van der Waals surface area contributed by atoms with Gasteiger partial charge in [-0.15, -0.1) is 0 Å². The maximum atomic E-state index is 11.8. The lowest BCUT2D eigenvalue weighted by Gasteiger charge is -2.38. The summed E-state index contributed by atoms with van der Waals surface area (Å²) in [5.74, 6) is -1.06. The zero-order valence-corrected chi connectivity index (χ0v) is 11.9. The van der Waals surface area contributed by atoms with Crippen LogP contribution in [-0.4, -0.2) is 18.9 Å². The Morgan fingerprint density at radius 3 is 1.75 bits per heavy atom. The Hall–Kier alpha value is -0.570. The van der Waals surface area contributed by atoms with Crippen LogP contribution in [0.2, 0.25) is 0 Å². The van der Waals surface area contributed by atoms with E-state index in [0.717, 1.165) is 0 Å². The Balaban J connectivity index is 4.48. The molecule has 96 valence electrons. The molecule has 0 rings (SSSR count). The number of esters is 1. The Morgan fingerprint density at radius 2 is 1.44 bits per heavy atom. The van der Waals surface area contributed by atoms with Crippen LogP contribution in [0.3, 0.4) is 0 Å². The molecule has 0 fully saturated rings. The van der Waals surface area contributed by atoms with E-state index in [0.29, 0.717) is 6.42 Å². The normalized spacial score (nSPS) is 13.8. The summed E-state index contributed by atoms with van der Waals surface area (Å²) in [6.07, 6.45) is 0.392. The van der Waals surface area contributed by atoms with Crippen molar-refractivity contribution < 1.29 is 14.3 Å². The third-order valence-electron chi connectivity index (χ3n) is 3.47. The van der Waals surface area contributed by atoms with Crippen molar-refractivity contribution in [2.75, 3.05) is 7.11 Å². The third kappa shape index (κ3) is 4.52. The highest BCUT2D eigenvalue weighted by atomic mass is 16.7. The largest absolute Gasteiger partial charge is 0.434 e. The van der Waals surface area contributed by atoms with E-state index in [1.807, 2.05) is 0 Å². The molecule has 0 aliphatic carbocycles. The molecule has 0 radical (unpaired) electrons. The molecular formula is C13H26O3. The molecule has 0 aromatic heterocycles. The first kappa shape index (κ1) is 15.4. The quantitative estimate of drug-likeness (QED) is 0.548. The molecule has 0 aliphatic rings. The molecule has 16 heavy (non-hydrogen) atoms. The van der Waals surface area contributed by atoms with Gasteiger partial charge in [0.1, 0.15) is 0 Å². The summed E-state index contributed by atoms with van der Waals surface area (Å²) in [6, 6.07) is 0. The molecule has 0 saturated heterocycles. The molecule has 0 aliphatic heterocycles. The molecule has 0 heterocycles. The lowest BCUT2D eigenvalue weighted by Crippen LogP contribution is -2.36. The molecule has 0 aromatic carbocycles. The molecule has 0 unspecified atom stereocenters. The summed E-state index contributed by atoms with van der Waals surface area (Å²) in [6.45, 7) is 14.0. The summed E-state index contributed by atoms with van der Waals surface area (Å²) in [7, 11) is 1.53. The van der Waals surface area contributed by atoms with Crippen molar-refractivity contribution in [1.29, 1.82) is 0 Å². The molecule has 3 heteroatoms. The van der Waals surface area contributed by atoms with Crippen LogP contribution in [0.1, 0.15) is 54.9 Å². The fourth-order valence-corrected chi connectivity index (χ4v) is 0.978. The van der Waals surface area contributed by atoms with Gasteiger partial charge in [0.2, 0.25) is 5.79 Å². The molecular weight excluding hydrogens is 204 g/mol. The van der Waals surface area contributed by atoms with Crippen LogP contribution in [0, 0.1) is 10.8 Å². The van der Waals surface area contributed by atoms with E-state index in [4.69, 9.17) is 9.47 Å². The van der Waals surface area contributed by atoms with Crippen molar-refractivity contribution in [3.63, 3.8) is 0 Å². The summed E-state index contributed by atoms with van der Waals surface area (Å²) < 4.78 is 10.3. The average Bonchev–Trinajstić information content (AvgIpc) is 1.99. The number of carbonyl (C=O) groups is 1. The van der Waals surface area contributed by atoms with Gasteiger partial charge in [-0.25, -0.2) is 0 Å². The van der Waals surface area contributed by atoms with Gasteiger partial charge in [-0.1, -0.05) is 34.6 Å². The fraction of sp³-hybridized carbons (Fsp3) is 0.923. The lowest BCUT2D eigenvalue weighted by atomic mass is 9.67. The number of ether oxygens (including phenoxy) is 2. The monoisotopic (exact) mass is 230 g/mol.